The molecule has 0 aromatic carbocycles. The summed E-state index contributed by atoms with van der Waals surface area (Å²) in [4.78, 5) is 0. The van der Waals surface area contributed by atoms with E-state index in [-0.39, 0.29) is 0 Å². The lowest BCUT2D eigenvalue weighted by Gasteiger charge is -2.26. The van der Waals surface area contributed by atoms with Crippen molar-refractivity contribution >= 4 is 0 Å². The molecule has 2 aliphatic carbocycles. The molecule has 2 rings (SSSR count). The van der Waals surface area contributed by atoms with Crippen LogP contribution in [-0.4, -0.2) is 6.54 Å². The van der Waals surface area contributed by atoms with E-state index in [9.17, 15) is 0 Å². The van der Waals surface area contributed by atoms with Gasteiger partial charge in [0.05, 0.1) is 6.07 Å². The first-order valence-electron chi connectivity index (χ1n) is 9.07. The number of hydrogen-bond acceptors (Lipinski definition) is 2. The predicted octanol–water partition coefficient (Wildman–Crippen LogP) is 6.56. The molecule has 0 saturated carbocycles. The van der Waals surface area contributed by atoms with Crippen molar-refractivity contribution < 1.29 is 0 Å². The van der Waals surface area contributed by atoms with E-state index in [4.69, 9.17) is 11.0 Å². The van der Waals surface area contributed by atoms with Crippen LogP contribution in [0, 0.1) is 11.3 Å². The first kappa shape index (κ1) is 25.1. The van der Waals surface area contributed by atoms with Gasteiger partial charge < -0.3 is 5.73 Å². The van der Waals surface area contributed by atoms with Crippen molar-refractivity contribution in [2.24, 2.45) is 5.73 Å². The van der Waals surface area contributed by atoms with Crippen molar-refractivity contribution in [1.29, 1.82) is 5.26 Å². The van der Waals surface area contributed by atoms with Crippen molar-refractivity contribution in [3.63, 3.8) is 0 Å². The third-order valence-corrected chi connectivity index (χ3v) is 3.74. The van der Waals surface area contributed by atoms with E-state index in [1.807, 2.05) is 13.8 Å². The van der Waals surface area contributed by atoms with Gasteiger partial charge in [-0.05, 0) is 61.5 Å². The highest BCUT2D eigenvalue weighted by molar-refractivity contribution is 5.67. The molecular weight excluding hydrogens is 304 g/mol. The lowest BCUT2D eigenvalue weighted by Crippen LogP contribution is -2.08. The summed E-state index contributed by atoms with van der Waals surface area (Å²) >= 11 is 0. The second-order valence-corrected chi connectivity index (χ2v) is 5.37. The van der Waals surface area contributed by atoms with Gasteiger partial charge in [0, 0.05) is 13.5 Å². The van der Waals surface area contributed by atoms with Gasteiger partial charge in [0.15, 0.2) is 0 Å². The largest absolute Gasteiger partial charge is 0.326 e. The molecule has 2 N–H and O–H groups in total. The van der Waals surface area contributed by atoms with Crippen LogP contribution in [0.4, 0.5) is 0 Å². The van der Waals surface area contributed by atoms with E-state index in [0.717, 1.165) is 12.8 Å². The highest BCUT2D eigenvalue weighted by atomic mass is 14.5. The average Bonchev–Trinajstić information content (AvgIpc) is 2.83. The lowest BCUT2D eigenvalue weighted by molar-refractivity contribution is 1.02. The van der Waals surface area contributed by atoms with Crippen LogP contribution in [0.1, 0.15) is 61.3 Å². The average molecular weight is 341 g/mol. The van der Waals surface area contributed by atoms with Crippen LogP contribution < -0.4 is 5.73 Å². The number of nitrogens with two attached hydrogens (primary N) is 1. The van der Waals surface area contributed by atoms with Gasteiger partial charge in [-0.15, -0.1) is 0 Å². The molecule has 0 fully saturated rings. The first-order valence-corrected chi connectivity index (χ1v) is 9.07. The van der Waals surface area contributed by atoms with Crippen LogP contribution in [-0.2, 0) is 0 Å². The number of allylic oxidation sites excluding steroid dienone is 9. The monoisotopic (exact) mass is 340 g/mol. The minimum absolute atomic E-state index is 0.641. The maximum Gasteiger partial charge on any atom is 0.0587 e. The van der Waals surface area contributed by atoms with Gasteiger partial charge >= 0.3 is 0 Å². The Morgan fingerprint density at radius 1 is 1.32 bits per heavy atom. The van der Waals surface area contributed by atoms with Crippen LogP contribution in [0.3, 0.4) is 0 Å². The standard InChI is InChI=1S/C10H14.C9H13N.C2H3N.C2H6/c1-5-9-7(3)10(6-2)8(9)4;1-8-4-2-3-5-9(6-8)7-10;1-2-3;1-2/h5H,3,6H2,1-2,4H3;3-6H,2,7,10H2,1H3;1H3;1-2H3/b9-5-;;;. The SMILES string of the molecule is C=C1C(CC)=C(C)/C1=C\C.CC.CC#N.CC1=CCC=CC(CN)=C1. The quantitative estimate of drug-likeness (QED) is 0.618. The van der Waals surface area contributed by atoms with E-state index in [2.05, 4.69) is 64.7 Å². The Morgan fingerprint density at radius 2 is 1.88 bits per heavy atom. The second kappa shape index (κ2) is 15.4. The van der Waals surface area contributed by atoms with Gasteiger partial charge in [-0.1, -0.05) is 63.3 Å². The minimum Gasteiger partial charge on any atom is -0.326 e. The molecule has 0 bridgehead atoms. The molecule has 0 saturated heterocycles. The highest BCUT2D eigenvalue weighted by Crippen LogP contribution is 2.39. The van der Waals surface area contributed by atoms with Crippen LogP contribution in [0.5, 0.6) is 0 Å². The number of rotatable bonds is 2. The zero-order valence-electron chi connectivity index (χ0n) is 17.2. The fourth-order valence-electron chi connectivity index (χ4n) is 2.58. The van der Waals surface area contributed by atoms with Crippen molar-refractivity contribution in [3.05, 3.63) is 70.4 Å². The Hall–Kier alpha value is -2.11. The first-order chi connectivity index (χ1) is 12.0. The molecule has 0 spiro atoms. The molecule has 0 aromatic rings. The van der Waals surface area contributed by atoms with Gasteiger partial charge in [0.25, 0.3) is 0 Å². The molecule has 2 nitrogen and oxygen atoms in total. The molecule has 138 valence electrons. The number of nitrogens with zero attached hydrogens (tertiary/aromatic N) is 1. The Morgan fingerprint density at radius 3 is 2.28 bits per heavy atom. The summed E-state index contributed by atoms with van der Waals surface area (Å²) in [5.41, 5.74) is 13.5. The second-order valence-electron chi connectivity index (χ2n) is 5.37. The minimum atomic E-state index is 0.641. The zero-order valence-corrected chi connectivity index (χ0v) is 17.2. The normalized spacial score (nSPS) is 16.4. The van der Waals surface area contributed by atoms with Crippen LogP contribution in [0.25, 0.3) is 0 Å². The summed E-state index contributed by atoms with van der Waals surface area (Å²) in [7, 11) is 0. The van der Waals surface area contributed by atoms with Crippen molar-refractivity contribution in [3.8, 4) is 6.07 Å². The van der Waals surface area contributed by atoms with Crippen LogP contribution in [0.15, 0.2) is 70.4 Å². The van der Waals surface area contributed by atoms with Crippen molar-refractivity contribution in [1.82, 2.24) is 0 Å². The Bertz CT molecular complexity index is 602. The molecule has 0 unspecified atom stereocenters. The van der Waals surface area contributed by atoms with Gasteiger partial charge in [-0.25, -0.2) is 0 Å². The number of nitriles is 1. The van der Waals surface area contributed by atoms with Crippen molar-refractivity contribution in [2.45, 2.75) is 61.3 Å². The van der Waals surface area contributed by atoms with Crippen LogP contribution >= 0.6 is 0 Å². The fourth-order valence-corrected chi connectivity index (χ4v) is 2.58. The van der Waals surface area contributed by atoms with Crippen LogP contribution in [0.2, 0.25) is 0 Å². The molecule has 2 aliphatic rings. The molecule has 0 aliphatic heterocycles. The third kappa shape index (κ3) is 9.08. The molecule has 25 heavy (non-hydrogen) atoms. The smallest absolute Gasteiger partial charge is 0.0587 e. The summed E-state index contributed by atoms with van der Waals surface area (Å²) in [6.07, 6.45) is 12.8. The maximum atomic E-state index is 7.32. The summed E-state index contributed by atoms with van der Waals surface area (Å²) in [6.45, 7) is 18.6. The zero-order chi connectivity index (χ0) is 19.8. The van der Waals surface area contributed by atoms with Gasteiger partial charge in [0.1, 0.15) is 0 Å². The van der Waals surface area contributed by atoms with Gasteiger partial charge in [0.2, 0.25) is 0 Å². The molecule has 0 heterocycles. The number of hydrogen-bond donors (Lipinski definition) is 1. The summed E-state index contributed by atoms with van der Waals surface area (Å²) in [5.74, 6) is 0. The van der Waals surface area contributed by atoms with E-state index in [0.29, 0.717) is 6.54 Å². The van der Waals surface area contributed by atoms with Crippen molar-refractivity contribution in [2.75, 3.05) is 6.54 Å². The Kier molecular flexibility index (Phi) is 15.5. The van der Waals surface area contributed by atoms with E-state index in [1.54, 1.807) is 6.07 Å². The summed E-state index contributed by atoms with van der Waals surface area (Å²) in [6, 6.07) is 1.75. The molecular formula is C23H36N2. The van der Waals surface area contributed by atoms with E-state index in [1.165, 1.54) is 40.4 Å². The Balaban J connectivity index is 0. The van der Waals surface area contributed by atoms with Gasteiger partial charge in [-0.3, -0.25) is 0 Å². The molecule has 0 amide bonds. The Labute approximate surface area is 155 Å². The lowest BCUT2D eigenvalue weighted by atomic mass is 9.78. The van der Waals surface area contributed by atoms with E-state index >= 15 is 0 Å². The third-order valence-electron chi connectivity index (χ3n) is 3.74. The highest BCUT2D eigenvalue weighted by Gasteiger charge is 2.20. The predicted molar refractivity (Wildman–Crippen MR) is 113 cm³/mol. The summed E-state index contributed by atoms with van der Waals surface area (Å²) in [5, 5.41) is 7.32. The van der Waals surface area contributed by atoms with Gasteiger partial charge in [-0.2, -0.15) is 5.26 Å². The van der Waals surface area contributed by atoms with E-state index < -0.39 is 0 Å². The fraction of sp³-hybridized carbons (Fsp3) is 0.435. The topological polar surface area (TPSA) is 49.8 Å². The summed E-state index contributed by atoms with van der Waals surface area (Å²) < 4.78 is 0. The molecule has 0 radical (unpaired) electrons. The molecule has 0 atom stereocenters. The molecule has 2 heteroatoms. The maximum absolute atomic E-state index is 7.32. The molecule has 0 aromatic heterocycles.